The first-order valence-electron chi connectivity index (χ1n) is 9.32. The fourth-order valence-electron chi connectivity index (χ4n) is 3.68. The first kappa shape index (κ1) is 20.3. The van der Waals surface area contributed by atoms with E-state index in [4.69, 9.17) is 21.1 Å². The van der Waals surface area contributed by atoms with Gasteiger partial charge in [0.1, 0.15) is 18.0 Å². The number of Topliss-reactive ketones (excluding diaryl/α,β-unsaturated/α-hetero) is 1. The van der Waals surface area contributed by atoms with Gasteiger partial charge >= 0.3 is 0 Å². The van der Waals surface area contributed by atoms with Crippen molar-refractivity contribution in [2.24, 2.45) is 0 Å². The van der Waals surface area contributed by atoms with Crippen LogP contribution in [0.1, 0.15) is 28.5 Å². The van der Waals surface area contributed by atoms with Crippen molar-refractivity contribution < 1.29 is 24.5 Å². The quantitative estimate of drug-likeness (QED) is 0.639. The second-order valence-electron chi connectivity index (χ2n) is 7.06. The summed E-state index contributed by atoms with van der Waals surface area (Å²) in [6.07, 6.45) is -2.05. The Hall–Kier alpha value is -1.96. The summed E-state index contributed by atoms with van der Waals surface area (Å²) in [6.45, 7) is -0.475. The first-order chi connectivity index (χ1) is 14.0. The molecule has 0 saturated carbocycles. The van der Waals surface area contributed by atoms with Crippen LogP contribution in [0.4, 0.5) is 0 Å². The van der Waals surface area contributed by atoms with Crippen molar-refractivity contribution in [1.29, 1.82) is 0 Å². The second-order valence-corrected chi connectivity index (χ2v) is 8.64. The molecule has 1 saturated heterocycles. The number of hydrogen-bond acceptors (Lipinski definition) is 6. The molecular formula is C22H21ClO5S. The number of rotatable bonds is 5. The van der Waals surface area contributed by atoms with Crippen LogP contribution in [0.5, 0.6) is 5.75 Å². The topological polar surface area (TPSA) is 76.0 Å². The Morgan fingerprint density at radius 1 is 1.28 bits per heavy atom. The summed E-state index contributed by atoms with van der Waals surface area (Å²) in [6, 6.07) is 14.0. The number of benzene rings is 2. The first-order valence-corrected chi connectivity index (χ1v) is 10.5. The number of ketones is 1. The fourth-order valence-corrected chi connectivity index (χ4v) is 4.99. The van der Waals surface area contributed by atoms with Crippen LogP contribution >= 0.6 is 22.9 Å². The van der Waals surface area contributed by atoms with Gasteiger partial charge in [-0.15, -0.1) is 11.3 Å². The van der Waals surface area contributed by atoms with E-state index >= 15 is 0 Å². The standard InChI is InChI=1S/C22H21ClO5S/c1-27-18-9-16(23)13(7-14-6-12-4-2-3-5-21(12)29-14)8-15(18)19-10-17(25)22(26)20(11-24)28-19/h2-6,8-9,17,19-20,24-25H,7,10-11H2,1H3/t17?,19-,20-/m1/s1. The van der Waals surface area contributed by atoms with Crippen LogP contribution < -0.4 is 4.74 Å². The zero-order valence-electron chi connectivity index (χ0n) is 15.8. The maximum atomic E-state index is 11.9. The second kappa shape index (κ2) is 8.42. The van der Waals surface area contributed by atoms with Gasteiger partial charge in [0.05, 0.1) is 19.8 Å². The molecule has 5 nitrogen and oxygen atoms in total. The fraction of sp³-hybridized carbons (Fsp3) is 0.318. The lowest BCUT2D eigenvalue weighted by Crippen LogP contribution is -2.43. The average Bonchev–Trinajstić information content (AvgIpc) is 3.13. The summed E-state index contributed by atoms with van der Waals surface area (Å²) in [7, 11) is 1.54. The molecule has 0 radical (unpaired) electrons. The summed E-state index contributed by atoms with van der Waals surface area (Å²) < 4.78 is 12.5. The SMILES string of the molecule is COc1cc(Cl)c(Cc2cc3ccccc3s2)cc1[C@H]1CC(O)C(=O)[C@@H](CO)O1. The number of aliphatic hydroxyl groups excluding tert-OH is 2. The Bertz CT molecular complexity index is 1010. The minimum atomic E-state index is -1.18. The number of carbonyl (C=O) groups is 1. The number of halogens is 1. The molecule has 1 unspecified atom stereocenters. The van der Waals surface area contributed by atoms with Crippen molar-refractivity contribution in [2.45, 2.75) is 31.2 Å². The number of aliphatic hydroxyl groups is 2. The third kappa shape index (κ3) is 4.04. The van der Waals surface area contributed by atoms with E-state index in [1.165, 1.54) is 22.1 Å². The molecule has 1 aromatic heterocycles. The van der Waals surface area contributed by atoms with Crippen LogP contribution in [0.3, 0.4) is 0 Å². The van der Waals surface area contributed by atoms with E-state index in [1.807, 2.05) is 18.2 Å². The Labute approximate surface area is 177 Å². The van der Waals surface area contributed by atoms with Crippen LogP contribution in [0, 0.1) is 0 Å². The molecule has 152 valence electrons. The number of ether oxygens (including phenoxy) is 2. The highest BCUT2D eigenvalue weighted by atomic mass is 35.5. The minimum absolute atomic E-state index is 0.107. The van der Waals surface area contributed by atoms with Crippen LogP contribution in [-0.2, 0) is 16.0 Å². The van der Waals surface area contributed by atoms with E-state index in [0.29, 0.717) is 22.8 Å². The van der Waals surface area contributed by atoms with Gasteiger partial charge in [0.25, 0.3) is 0 Å². The zero-order valence-corrected chi connectivity index (χ0v) is 17.4. The predicted molar refractivity (Wildman–Crippen MR) is 113 cm³/mol. The summed E-state index contributed by atoms with van der Waals surface area (Å²) in [5.74, 6) is 0.0282. The predicted octanol–water partition coefficient (Wildman–Crippen LogP) is 3.91. The van der Waals surface area contributed by atoms with Crippen molar-refractivity contribution in [3.8, 4) is 5.75 Å². The monoisotopic (exact) mass is 432 g/mol. The van der Waals surface area contributed by atoms with Gasteiger partial charge in [-0.05, 0) is 35.2 Å². The maximum Gasteiger partial charge on any atom is 0.192 e. The van der Waals surface area contributed by atoms with Gasteiger partial charge in [0.15, 0.2) is 5.78 Å². The van der Waals surface area contributed by atoms with Crippen molar-refractivity contribution in [3.05, 3.63) is 63.5 Å². The molecule has 2 heterocycles. The van der Waals surface area contributed by atoms with E-state index in [-0.39, 0.29) is 6.42 Å². The van der Waals surface area contributed by atoms with Crippen LogP contribution in [0.25, 0.3) is 10.1 Å². The number of thiophene rings is 1. The summed E-state index contributed by atoms with van der Waals surface area (Å²) in [4.78, 5) is 13.1. The highest BCUT2D eigenvalue weighted by molar-refractivity contribution is 7.19. The minimum Gasteiger partial charge on any atom is -0.496 e. The van der Waals surface area contributed by atoms with Gasteiger partial charge in [0.2, 0.25) is 0 Å². The van der Waals surface area contributed by atoms with Crippen molar-refractivity contribution in [3.63, 3.8) is 0 Å². The Kier molecular flexibility index (Phi) is 5.90. The van der Waals surface area contributed by atoms with E-state index in [0.717, 1.165) is 5.56 Å². The van der Waals surface area contributed by atoms with Crippen LogP contribution in [0.15, 0.2) is 42.5 Å². The van der Waals surface area contributed by atoms with Crippen molar-refractivity contribution >= 4 is 38.8 Å². The van der Waals surface area contributed by atoms with Crippen LogP contribution in [-0.4, -0.2) is 41.9 Å². The molecule has 0 spiro atoms. The summed E-state index contributed by atoms with van der Waals surface area (Å²) >= 11 is 8.23. The molecule has 2 aromatic carbocycles. The molecular weight excluding hydrogens is 412 g/mol. The molecule has 7 heteroatoms. The molecule has 2 N–H and O–H groups in total. The number of carbonyl (C=O) groups excluding carboxylic acids is 1. The molecule has 1 aliphatic rings. The van der Waals surface area contributed by atoms with E-state index in [1.54, 1.807) is 17.4 Å². The van der Waals surface area contributed by atoms with Gasteiger partial charge in [-0.3, -0.25) is 4.79 Å². The highest BCUT2D eigenvalue weighted by Gasteiger charge is 2.37. The van der Waals surface area contributed by atoms with E-state index < -0.39 is 30.7 Å². The molecule has 0 bridgehead atoms. The van der Waals surface area contributed by atoms with Gasteiger partial charge in [0, 0.05) is 33.0 Å². The molecule has 0 amide bonds. The Morgan fingerprint density at radius 2 is 2.07 bits per heavy atom. The van der Waals surface area contributed by atoms with Gasteiger partial charge in [-0.25, -0.2) is 0 Å². The number of fused-ring (bicyclic) bond motifs is 1. The molecule has 3 aromatic rings. The zero-order chi connectivity index (χ0) is 20.5. The normalized spacial score (nSPS) is 22.2. The lowest BCUT2D eigenvalue weighted by Gasteiger charge is -2.32. The summed E-state index contributed by atoms with van der Waals surface area (Å²) in [5, 5.41) is 21.3. The van der Waals surface area contributed by atoms with Gasteiger partial charge in [-0.1, -0.05) is 29.8 Å². The molecule has 1 aliphatic heterocycles. The Balaban J connectivity index is 1.68. The molecule has 29 heavy (non-hydrogen) atoms. The highest BCUT2D eigenvalue weighted by Crippen LogP contribution is 2.39. The van der Waals surface area contributed by atoms with E-state index in [2.05, 4.69) is 18.2 Å². The lowest BCUT2D eigenvalue weighted by atomic mass is 9.93. The van der Waals surface area contributed by atoms with Crippen molar-refractivity contribution in [2.75, 3.05) is 13.7 Å². The lowest BCUT2D eigenvalue weighted by molar-refractivity contribution is -0.162. The molecule has 3 atom stereocenters. The third-order valence-electron chi connectivity index (χ3n) is 5.16. The Morgan fingerprint density at radius 3 is 2.79 bits per heavy atom. The van der Waals surface area contributed by atoms with Crippen LogP contribution in [0.2, 0.25) is 5.02 Å². The van der Waals surface area contributed by atoms with Crippen molar-refractivity contribution in [1.82, 2.24) is 0 Å². The third-order valence-corrected chi connectivity index (χ3v) is 6.63. The number of hydrogen-bond donors (Lipinski definition) is 2. The maximum absolute atomic E-state index is 11.9. The average molecular weight is 433 g/mol. The molecule has 1 fully saturated rings. The number of methoxy groups -OCH3 is 1. The largest absolute Gasteiger partial charge is 0.496 e. The smallest absolute Gasteiger partial charge is 0.192 e. The van der Waals surface area contributed by atoms with Gasteiger partial charge < -0.3 is 19.7 Å². The van der Waals surface area contributed by atoms with E-state index in [9.17, 15) is 15.0 Å². The van der Waals surface area contributed by atoms with Gasteiger partial charge in [-0.2, -0.15) is 0 Å². The molecule has 0 aliphatic carbocycles. The summed E-state index contributed by atoms with van der Waals surface area (Å²) in [5.41, 5.74) is 1.61. The molecule has 4 rings (SSSR count).